The first kappa shape index (κ1) is 10.4. The number of rotatable bonds is 0. The van der Waals surface area contributed by atoms with E-state index in [1.165, 1.54) is 44.2 Å². The fourth-order valence-corrected chi connectivity index (χ4v) is 3.83. The van der Waals surface area contributed by atoms with Crippen LogP contribution in [-0.4, -0.2) is 0 Å². The molecule has 0 radical (unpaired) electrons. The van der Waals surface area contributed by atoms with Crippen molar-refractivity contribution < 1.29 is 0 Å². The lowest BCUT2D eigenvalue weighted by molar-refractivity contribution is 1.26. The topological polar surface area (TPSA) is 0 Å². The minimum absolute atomic E-state index is 1.07. The van der Waals surface area contributed by atoms with E-state index in [9.17, 15) is 0 Å². The van der Waals surface area contributed by atoms with Crippen LogP contribution in [-0.2, 0) is 12.8 Å². The molecule has 0 nitrogen and oxygen atoms in total. The normalized spacial score (nSPS) is 14.4. The molecule has 0 heterocycles. The van der Waals surface area contributed by atoms with E-state index in [1.54, 1.807) is 0 Å². The Balaban J connectivity index is 1.96. The van der Waals surface area contributed by atoms with Crippen molar-refractivity contribution in [2.75, 3.05) is 0 Å². The van der Waals surface area contributed by atoms with Gasteiger partial charge < -0.3 is 0 Å². The Morgan fingerprint density at radius 2 is 1.70 bits per heavy atom. The molecule has 3 aromatic carbocycles. The molecule has 5 rings (SSSR count). The van der Waals surface area contributed by atoms with Crippen molar-refractivity contribution in [3.05, 3.63) is 76.9 Å². The summed E-state index contributed by atoms with van der Waals surface area (Å²) in [5.74, 6) is 0. The Bertz CT molecular complexity index is 897. The van der Waals surface area contributed by atoms with Gasteiger partial charge in [-0.05, 0) is 63.1 Å². The Hall–Kier alpha value is -2.34. The minimum atomic E-state index is 1.07. The number of allylic oxidation sites excluding steroid dienone is 1. The lowest BCUT2D eigenvalue weighted by Crippen LogP contribution is -1.95. The highest BCUT2D eigenvalue weighted by atomic mass is 14.3. The largest absolute Gasteiger partial charge is 0.0795 e. The van der Waals surface area contributed by atoms with Crippen LogP contribution in [0.1, 0.15) is 22.3 Å². The van der Waals surface area contributed by atoms with Crippen LogP contribution in [0.4, 0.5) is 0 Å². The first-order valence-electron chi connectivity index (χ1n) is 7.24. The molecule has 0 aromatic heterocycles. The van der Waals surface area contributed by atoms with Gasteiger partial charge in [0.1, 0.15) is 0 Å². The summed E-state index contributed by atoms with van der Waals surface area (Å²) in [6.07, 6.45) is 6.71. The molecular formula is C20H14. The third-order valence-electron chi connectivity index (χ3n) is 4.70. The quantitative estimate of drug-likeness (QED) is 0.415. The highest BCUT2D eigenvalue weighted by Gasteiger charge is 2.22. The summed E-state index contributed by atoms with van der Waals surface area (Å²) in [6, 6.07) is 18.0. The van der Waals surface area contributed by atoms with Crippen molar-refractivity contribution in [2.24, 2.45) is 0 Å². The van der Waals surface area contributed by atoms with E-state index in [0.717, 1.165) is 12.8 Å². The summed E-state index contributed by atoms with van der Waals surface area (Å²) in [5, 5.41) is 2.93. The second-order valence-corrected chi connectivity index (χ2v) is 5.77. The van der Waals surface area contributed by atoms with Crippen LogP contribution in [0.3, 0.4) is 0 Å². The van der Waals surface area contributed by atoms with Gasteiger partial charge in [0.2, 0.25) is 0 Å². The van der Waals surface area contributed by atoms with Crippen molar-refractivity contribution >= 4 is 16.8 Å². The summed E-state index contributed by atoms with van der Waals surface area (Å²) in [7, 11) is 0. The fraction of sp³-hybridized carbons (Fsp3) is 0.100. The molecule has 0 heteroatoms. The highest BCUT2D eigenvalue weighted by Crippen LogP contribution is 2.43. The van der Waals surface area contributed by atoms with Crippen molar-refractivity contribution in [3.63, 3.8) is 0 Å². The number of fused-ring (bicyclic) bond motifs is 4. The van der Waals surface area contributed by atoms with Gasteiger partial charge in [0.05, 0.1) is 0 Å². The first-order chi connectivity index (χ1) is 9.92. The van der Waals surface area contributed by atoms with Gasteiger partial charge in [0.25, 0.3) is 0 Å². The fourth-order valence-electron chi connectivity index (χ4n) is 3.83. The van der Waals surface area contributed by atoms with Gasteiger partial charge in [0, 0.05) is 0 Å². The molecule has 2 aliphatic carbocycles. The summed E-state index contributed by atoms with van der Waals surface area (Å²) in [5.41, 5.74) is 8.70. The molecule has 94 valence electrons. The Labute approximate surface area is 118 Å². The molecule has 0 amide bonds. The van der Waals surface area contributed by atoms with Gasteiger partial charge >= 0.3 is 0 Å². The zero-order valence-corrected chi connectivity index (χ0v) is 11.2. The van der Waals surface area contributed by atoms with Gasteiger partial charge in [-0.25, -0.2) is 0 Å². The predicted octanol–water partition coefficient (Wildman–Crippen LogP) is 4.98. The summed E-state index contributed by atoms with van der Waals surface area (Å²) in [6.45, 7) is 0. The molecule has 2 aliphatic rings. The molecule has 3 aromatic rings. The Morgan fingerprint density at radius 1 is 0.800 bits per heavy atom. The van der Waals surface area contributed by atoms with Crippen LogP contribution < -0.4 is 0 Å². The maximum Gasteiger partial charge on any atom is -0.000728 e. The van der Waals surface area contributed by atoms with E-state index in [4.69, 9.17) is 0 Å². The molecule has 0 bridgehead atoms. The predicted molar refractivity (Wildman–Crippen MR) is 84.9 cm³/mol. The molecule has 0 atom stereocenters. The maximum atomic E-state index is 2.39. The zero-order valence-electron chi connectivity index (χ0n) is 11.2. The van der Waals surface area contributed by atoms with Crippen molar-refractivity contribution in [3.8, 4) is 11.1 Å². The van der Waals surface area contributed by atoms with Gasteiger partial charge in [-0.15, -0.1) is 0 Å². The molecular weight excluding hydrogens is 240 g/mol. The Morgan fingerprint density at radius 3 is 2.70 bits per heavy atom. The monoisotopic (exact) mass is 254 g/mol. The second kappa shape index (κ2) is 3.61. The summed E-state index contributed by atoms with van der Waals surface area (Å²) in [4.78, 5) is 0. The minimum Gasteiger partial charge on any atom is -0.0795 e. The summed E-state index contributed by atoms with van der Waals surface area (Å²) < 4.78 is 0. The standard InChI is InChI=1S/C20H14/c1-2-9-16-14(5-1)11-19-17-10-4-7-13-6-3-8-15(20(13)17)12-18(16)19/h1-5,7-10,12H,6,11H2. The van der Waals surface area contributed by atoms with Gasteiger partial charge in [0.15, 0.2) is 0 Å². The average molecular weight is 254 g/mol. The lowest BCUT2D eigenvalue weighted by atomic mass is 9.88. The molecule has 0 saturated heterocycles. The van der Waals surface area contributed by atoms with Gasteiger partial charge in [-0.3, -0.25) is 0 Å². The van der Waals surface area contributed by atoms with Gasteiger partial charge in [-0.1, -0.05) is 54.6 Å². The van der Waals surface area contributed by atoms with E-state index in [-0.39, 0.29) is 0 Å². The lowest BCUT2D eigenvalue weighted by Gasteiger charge is -2.16. The third kappa shape index (κ3) is 1.21. The van der Waals surface area contributed by atoms with E-state index in [0.29, 0.717) is 0 Å². The summed E-state index contributed by atoms with van der Waals surface area (Å²) >= 11 is 0. The van der Waals surface area contributed by atoms with Crippen molar-refractivity contribution in [1.29, 1.82) is 0 Å². The van der Waals surface area contributed by atoms with E-state index in [1.807, 2.05) is 0 Å². The van der Waals surface area contributed by atoms with Crippen LogP contribution in [0, 0.1) is 0 Å². The molecule has 0 aliphatic heterocycles. The van der Waals surface area contributed by atoms with Crippen LogP contribution in [0.25, 0.3) is 28.0 Å². The Kier molecular flexibility index (Phi) is 1.88. The molecule has 20 heavy (non-hydrogen) atoms. The van der Waals surface area contributed by atoms with E-state index >= 15 is 0 Å². The van der Waals surface area contributed by atoms with E-state index in [2.05, 4.69) is 60.7 Å². The average Bonchev–Trinajstić information content (AvgIpc) is 2.87. The number of hydrogen-bond donors (Lipinski definition) is 0. The SMILES string of the molecule is C1=Cc2cc3c(c4cccc(c24)C1)Cc1ccccc1-3. The maximum absolute atomic E-state index is 2.39. The van der Waals surface area contributed by atoms with Crippen LogP contribution in [0.2, 0.25) is 0 Å². The molecule has 0 spiro atoms. The van der Waals surface area contributed by atoms with Crippen LogP contribution in [0.15, 0.2) is 54.6 Å². The number of hydrogen-bond acceptors (Lipinski definition) is 0. The molecule has 0 unspecified atom stereocenters. The van der Waals surface area contributed by atoms with Crippen molar-refractivity contribution in [1.82, 2.24) is 0 Å². The van der Waals surface area contributed by atoms with Gasteiger partial charge in [-0.2, -0.15) is 0 Å². The van der Waals surface area contributed by atoms with Crippen molar-refractivity contribution in [2.45, 2.75) is 12.8 Å². The second-order valence-electron chi connectivity index (χ2n) is 5.77. The number of benzene rings is 3. The molecule has 0 fully saturated rings. The third-order valence-corrected chi connectivity index (χ3v) is 4.70. The highest BCUT2D eigenvalue weighted by molar-refractivity contribution is 6.02. The first-order valence-corrected chi connectivity index (χ1v) is 7.24. The molecule has 0 saturated carbocycles. The smallest absolute Gasteiger partial charge is 0.000728 e. The van der Waals surface area contributed by atoms with Crippen LogP contribution >= 0.6 is 0 Å². The van der Waals surface area contributed by atoms with E-state index < -0.39 is 0 Å². The van der Waals surface area contributed by atoms with Crippen LogP contribution in [0.5, 0.6) is 0 Å². The zero-order chi connectivity index (χ0) is 13.1. The molecule has 0 N–H and O–H groups in total.